The van der Waals surface area contributed by atoms with Crippen molar-refractivity contribution in [3.05, 3.63) is 29.3 Å². The maximum Gasteiger partial charge on any atom is 0.390 e. The van der Waals surface area contributed by atoms with Crippen LogP contribution in [0, 0.1) is 5.92 Å². The number of hydrogen-bond acceptors (Lipinski definition) is 6. The number of nitrogens with zero attached hydrogens (tertiary/aromatic N) is 4. The van der Waals surface area contributed by atoms with Crippen LogP contribution < -0.4 is 10.1 Å². The molecular weight excluding hydrogens is 410 g/mol. The van der Waals surface area contributed by atoms with Gasteiger partial charge < -0.3 is 9.84 Å². The number of rotatable bonds is 7. The molecule has 1 fully saturated rings. The molecule has 162 valence electrons. The molecular formula is C20H27ClN5O4+. The predicted octanol–water partition coefficient (Wildman–Crippen LogP) is 0.998. The van der Waals surface area contributed by atoms with E-state index in [1.54, 1.807) is 35.9 Å². The molecule has 10 heteroatoms. The molecule has 0 aromatic heterocycles. The quantitative estimate of drug-likeness (QED) is 0.621. The van der Waals surface area contributed by atoms with E-state index in [4.69, 9.17) is 16.3 Å². The maximum atomic E-state index is 12.8. The molecule has 2 aliphatic heterocycles. The van der Waals surface area contributed by atoms with Gasteiger partial charge in [-0.3, -0.25) is 19.9 Å². The second kappa shape index (κ2) is 9.01. The molecule has 2 atom stereocenters. The number of aliphatic imine (C=N–C) groups is 1. The van der Waals surface area contributed by atoms with Gasteiger partial charge in [0.25, 0.3) is 5.91 Å². The molecule has 2 heterocycles. The fourth-order valence-electron chi connectivity index (χ4n) is 3.25. The monoisotopic (exact) mass is 436 g/mol. The van der Waals surface area contributed by atoms with Gasteiger partial charge in [0.2, 0.25) is 11.9 Å². The molecule has 0 spiro atoms. The highest BCUT2D eigenvalue weighted by atomic mass is 35.5. The number of guanidine groups is 1. The van der Waals surface area contributed by atoms with Crippen LogP contribution in [0.2, 0.25) is 5.02 Å². The topological polar surface area (TPSA) is 97.5 Å². The minimum Gasteiger partial charge on any atom is -0.489 e. The van der Waals surface area contributed by atoms with Crippen LogP contribution in [0.3, 0.4) is 0 Å². The minimum atomic E-state index is -0.923. The summed E-state index contributed by atoms with van der Waals surface area (Å²) in [5, 5.41) is 14.3. The summed E-state index contributed by atoms with van der Waals surface area (Å²) in [7, 11) is 3.02. The number of hydrogen-bond donors (Lipinski definition) is 2. The van der Waals surface area contributed by atoms with Crippen LogP contribution in [0.15, 0.2) is 29.3 Å². The van der Waals surface area contributed by atoms with Crippen molar-refractivity contribution in [2.24, 2.45) is 10.9 Å². The summed E-state index contributed by atoms with van der Waals surface area (Å²) in [6.07, 6.45) is -0.923. The van der Waals surface area contributed by atoms with E-state index in [2.05, 4.69) is 10.3 Å². The lowest BCUT2D eigenvalue weighted by Gasteiger charge is -2.32. The van der Waals surface area contributed by atoms with Gasteiger partial charge in [-0.15, -0.1) is 0 Å². The van der Waals surface area contributed by atoms with Crippen molar-refractivity contribution in [1.29, 1.82) is 0 Å². The molecule has 30 heavy (non-hydrogen) atoms. The maximum absolute atomic E-state index is 12.8. The molecule has 0 saturated carbocycles. The summed E-state index contributed by atoms with van der Waals surface area (Å²) in [6.45, 7) is 4.80. The van der Waals surface area contributed by atoms with Crippen molar-refractivity contribution in [3.8, 4) is 5.75 Å². The van der Waals surface area contributed by atoms with Gasteiger partial charge in [0.15, 0.2) is 0 Å². The van der Waals surface area contributed by atoms with Crippen molar-refractivity contribution >= 4 is 35.3 Å². The molecule has 0 bridgehead atoms. The highest BCUT2D eigenvalue weighted by Gasteiger charge is 2.51. The molecule has 3 rings (SSSR count). The number of aliphatic hydroxyl groups excluding tert-OH is 1. The Morgan fingerprint density at radius 3 is 2.63 bits per heavy atom. The molecule has 2 unspecified atom stereocenters. The SMILES string of the molecule is CC(C)CNC1=[N+](CC(O)COc2ccccc2Cl)C2C(=O)N(C)C(=O)N(C)C2=N1. The molecule has 2 N–H and O–H groups in total. The first-order valence-corrected chi connectivity index (χ1v) is 10.1. The Bertz CT molecular complexity index is 901. The first-order chi connectivity index (χ1) is 14.2. The first kappa shape index (κ1) is 22.0. The zero-order valence-corrected chi connectivity index (χ0v) is 18.3. The smallest absolute Gasteiger partial charge is 0.390 e. The van der Waals surface area contributed by atoms with Gasteiger partial charge in [-0.2, -0.15) is 0 Å². The van der Waals surface area contributed by atoms with Gasteiger partial charge in [0.05, 0.1) is 18.1 Å². The third-order valence-electron chi connectivity index (χ3n) is 4.87. The lowest BCUT2D eigenvalue weighted by molar-refractivity contribution is -0.545. The first-order valence-electron chi connectivity index (χ1n) is 9.77. The number of amidine groups is 1. The van der Waals surface area contributed by atoms with E-state index >= 15 is 0 Å². The number of aliphatic hydroxyl groups is 1. The number of nitrogens with one attached hydrogen (secondary N) is 1. The second-order valence-electron chi connectivity index (χ2n) is 7.76. The standard InChI is InChI=1S/C20H26ClN5O4/c1-12(2)9-22-19-23-17-16(18(28)25(4)20(29)24(17)3)26(19)10-13(27)11-30-15-8-6-5-7-14(15)21/h5-8,12-13,16,27H,9-11H2,1-4H3/p+1. The van der Waals surface area contributed by atoms with Gasteiger partial charge in [0.1, 0.15) is 18.5 Å². The van der Waals surface area contributed by atoms with Crippen LogP contribution >= 0.6 is 11.6 Å². The summed E-state index contributed by atoms with van der Waals surface area (Å²) >= 11 is 6.09. The Labute approximate surface area is 180 Å². The Hall–Kier alpha value is -2.65. The summed E-state index contributed by atoms with van der Waals surface area (Å²) < 4.78 is 7.31. The highest BCUT2D eigenvalue weighted by Crippen LogP contribution is 2.23. The van der Waals surface area contributed by atoms with Gasteiger partial charge in [-0.05, 0) is 18.1 Å². The number of carbonyl (C=O) groups is 2. The molecule has 1 saturated heterocycles. The van der Waals surface area contributed by atoms with Gasteiger partial charge in [-0.1, -0.05) is 42.6 Å². The largest absolute Gasteiger partial charge is 0.489 e. The number of ether oxygens (including phenoxy) is 1. The second-order valence-corrected chi connectivity index (χ2v) is 8.16. The van der Waals surface area contributed by atoms with Crippen molar-refractivity contribution in [2.75, 3.05) is 33.8 Å². The Kier molecular flexibility index (Phi) is 6.62. The van der Waals surface area contributed by atoms with Gasteiger partial charge in [0, 0.05) is 14.1 Å². The van der Waals surface area contributed by atoms with E-state index in [1.807, 2.05) is 13.8 Å². The normalized spacial score (nSPS) is 20.0. The van der Waals surface area contributed by atoms with Crippen molar-refractivity contribution in [3.63, 3.8) is 0 Å². The van der Waals surface area contributed by atoms with Crippen molar-refractivity contribution < 1.29 is 24.0 Å². The lowest BCUT2D eigenvalue weighted by Crippen LogP contribution is -2.62. The predicted molar refractivity (Wildman–Crippen MR) is 113 cm³/mol. The average molecular weight is 437 g/mol. The molecule has 2 aliphatic rings. The number of halogens is 1. The number of carbonyl (C=O) groups excluding carboxylic acids is 2. The van der Waals surface area contributed by atoms with E-state index in [1.165, 1.54) is 11.9 Å². The lowest BCUT2D eigenvalue weighted by atomic mass is 10.1. The number of amides is 3. The molecule has 0 radical (unpaired) electrons. The minimum absolute atomic E-state index is 0.0153. The van der Waals surface area contributed by atoms with E-state index in [0.717, 1.165) is 4.90 Å². The number of likely N-dealkylation sites (N-methyl/N-ethyl adjacent to an activating group) is 2. The number of fused-ring (bicyclic) bond motifs is 1. The van der Waals surface area contributed by atoms with Crippen LogP contribution in [0.4, 0.5) is 4.79 Å². The molecule has 9 nitrogen and oxygen atoms in total. The number of imide groups is 1. The Morgan fingerprint density at radius 1 is 1.27 bits per heavy atom. The van der Waals surface area contributed by atoms with E-state index in [-0.39, 0.29) is 13.2 Å². The van der Waals surface area contributed by atoms with Crippen LogP contribution in [0.25, 0.3) is 0 Å². The van der Waals surface area contributed by atoms with Crippen molar-refractivity contribution in [2.45, 2.75) is 26.0 Å². The average Bonchev–Trinajstić information content (AvgIpc) is 3.06. The van der Waals surface area contributed by atoms with Gasteiger partial charge >= 0.3 is 12.0 Å². The number of para-hydroxylation sites is 1. The molecule has 1 aromatic carbocycles. The fraction of sp³-hybridized carbons (Fsp3) is 0.500. The van der Waals surface area contributed by atoms with Crippen LogP contribution in [0.1, 0.15) is 13.8 Å². The number of urea groups is 1. The Morgan fingerprint density at radius 2 is 1.97 bits per heavy atom. The third-order valence-corrected chi connectivity index (χ3v) is 5.19. The number of benzene rings is 1. The van der Waals surface area contributed by atoms with Crippen LogP contribution in [0.5, 0.6) is 5.75 Å². The van der Waals surface area contributed by atoms with E-state index in [9.17, 15) is 14.7 Å². The van der Waals surface area contributed by atoms with Gasteiger partial charge in [-0.25, -0.2) is 9.37 Å². The Balaban J connectivity index is 1.79. The molecule has 3 amide bonds. The highest BCUT2D eigenvalue weighted by molar-refractivity contribution is 6.32. The summed E-state index contributed by atoms with van der Waals surface area (Å²) in [4.78, 5) is 32.1. The zero-order valence-electron chi connectivity index (χ0n) is 17.5. The van der Waals surface area contributed by atoms with E-state index < -0.39 is 24.1 Å². The van der Waals surface area contributed by atoms with Crippen LogP contribution in [-0.4, -0.2) is 89.2 Å². The van der Waals surface area contributed by atoms with Crippen LogP contribution in [-0.2, 0) is 4.79 Å². The zero-order chi connectivity index (χ0) is 22.0. The van der Waals surface area contributed by atoms with E-state index in [0.29, 0.717) is 35.0 Å². The van der Waals surface area contributed by atoms with Crippen molar-refractivity contribution in [1.82, 2.24) is 15.1 Å². The summed E-state index contributed by atoms with van der Waals surface area (Å²) in [5.74, 6) is 1.21. The third kappa shape index (κ3) is 4.41. The number of β-amino-alcohol motifs (C(OH)–C–C–N with tert-alkyl or cyclic N) is 1. The molecule has 0 aliphatic carbocycles. The molecule has 1 aromatic rings. The summed E-state index contributed by atoms with van der Waals surface area (Å²) in [6, 6.07) is 5.77. The fourth-order valence-corrected chi connectivity index (χ4v) is 3.44. The summed E-state index contributed by atoms with van der Waals surface area (Å²) in [5.41, 5.74) is 0.